The molecule has 1 heterocycles. The SMILES string of the molecule is N=C(c1ccc2ccccc2c1)c1c(N)sc2ccccc12. The predicted octanol–water partition coefficient (Wildman–Crippen LogP) is 5.05. The third-order valence-electron chi connectivity index (χ3n) is 3.91. The fourth-order valence-corrected chi connectivity index (χ4v) is 3.79. The zero-order chi connectivity index (χ0) is 15.1. The molecule has 4 rings (SSSR count). The molecule has 0 saturated carbocycles. The van der Waals surface area contributed by atoms with Crippen LogP contribution in [-0.4, -0.2) is 5.71 Å². The van der Waals surface area contributed by atoms with Crippen LogP contribution in [-0.2, 0) is 0 Å². The number of hydrogen-bond donors (Lipinski definition) is 2. The monoisotopic (exact) mass is 302 g/mol. The summed E-state index contributed by atoms with van der Waals surface area (Å²) in [4.78, 5) is 0. The van der Waals surface area contributed by atoms with E-state index in [1.54, 1.807) is 11.3 Å². The smallest absolute Gasteiger partial charge is 0.0964 e. The van der Waals surface area contributed by atoms with E-state index in [9.17, 15) is 0 Å². The number of anilines is 1. The molecule has 0 saturated heterocycles. The lowest BCUT2D eigenvalue weighted by atomic mass is 9.98. The maximum atomic E-state index is 8.61. The molecule has 106 valence electrons. The number of rotatable bonds is 2. The first-order valence-electron chi connectivity index (χ1n) is 7.09. The van der Waals surface area contributed by atoms with Gasteiger partial charge in [0.2, 0.25) is 0 Å². The topological polar surface area (TPSA) is 49.9 Å². The molecule has 0 amide bonds. The van der Waals surface area contributed by atoms with Crippen LogP contribution in [0.4, 0.5) is 5.00 Å². The first-order chi connectivity index (χ1) is 10.7. The van der Waals surface area contributed by atoms with Gasteiger partial charge in [0.05, 0.1) is 10.7 Å². The van der Waals surface area contributed by atoms with Crippen molar-refractivity contribution in [1.29, 1.82) is 5.41 Å². The zero-order valence-electron chi connectivity index (χ0n) is 11.8. The summed E-state index contributed by atoms with van der Waals surface area (Å²) in [6, 6.07) is 22.4. The Labute approximate surface area is 132 Å². The lowest BCUT2D eigenvalue weighted by molar-refractivity contribution is 1.49. The Bertz CT molecular complexity index is 1010. The Morgan fingerprint density at radius 1 is 0.864 bits per heavy atom. The molecular weight excluding hydrogens is 288 g/mol. The van der Waals surface area contributed by atoms with Crippen molar-refractivity contribution in [3.63, 3.8) is 0 Å². The molecule has 0 fully saturated rings. The van der Waals surface area contributed by atoms with Gasteiger partial charge < -0.3 is 5.73 Å². The Hall–Kier alpha value is -2.65. The molecule has 0 aliphatic carbocycles. The van der Waals surface area contributed by atoms with Gasteiger partial charge in [0, 0.05) is 21.2 Å². The molecule has 22 heavy (non-hydrogen) atoms. The van der Waals surface area contributed by atoms with Crippen LogP contribution in [0.1, 0.15) is 11.1 Å². The molecule has 0 atom stereocenters. The van der Waals surface area contributed by atoms with Gasteiger partial charge in [0.15, 0.2) is 0 Å². The minimum Gasteiger partial charge on any atom is -0.390 e. The van der Waals surface area contributed by atoms with Crippen molar-refractivity contribution in [2.45, 2.75) is 0 Å². The van der Waals surface area contributed by atoms with Gasteiger partial charge in [-0.2, -0.15) is 0 Å². The summed E-state index contributed by atoms with van der Waals surface area (Å²) in [5, 5.41) is 12.7. The van der Waals surface area contributed by atoms with Crippen molar-refractivity contribution in [3.05, 3.63) is 77.9 Å². The molecule has 1 aromatic heterocycles. The van der Waals surface area contributed by atoms with E-state index < -0.39 is 0 Å². The molecule has 3 N–H and O–H groups in total. The average Bonchev–Trinajstić information content (AvgIpc) is 2.89. The molecule has 3 heteroatoms. The highest BCUT2D eigenvalue weighted by molar-refractivity contribution is 7.23. The Balaban J connectivity index is 1.90. The first kappa shape index (κ1) is 13.0. The molecule has 0 aliphatic rings. The number of thiophene rings is 1. The van der Waals surface area contributed by atoms with Crippen LogP contribution in [0.3, 0.4) is 0 Å². The van der Waals surface area contributed by atoms with Gasteiger partial charge in [0.25, 0.3) is 0 Å². The minimum absolute atomic E-state index is 0.487. The number of hydrogen-bond acceptors (Lipinski definition) is 3. The second-order valence-corrected chi connectivity index (χ2v) is 6.36. The summed E-state index contributed by atoms with van der Waals surface area (Å²) in [6.45, 7) is 0. The van der Waals surface area contributed by atoms with Gasteiger partial charge in [-0.25, -0.2) is 0 Å². The molecule has 4 aromatic rings. The van der Waals surface area contributed by atoms with Crippen LogP contribution < -0.4 is 5.73 Å². The summed E-state index contributed by atoms with van der Waals surface area (Å²) in [5.41, 5.74) is 8.41. The van der Waals surface area contributed by atoms with E-state index in [1.807, 2.05) is 42.5 Å². The Morgan fingerprint density at radius 3 is 2.45 bits per heavy atom. The Morgan fingerprint density at radius 2 is 1.59 bits per heavy atom. The lowest BCUT2D eigenvalue weighted by Crippen LogP contribution is -2.03. The Kier molecular flexibility index (Phi) is 2.94. The molecular formula is C19H14N2S. The highest BCUT2D eigenvalue weighted by Gasteiger charge is 2.15. The van der Waals surface area contributed by atoms with Crippen molar-refractivity contribution in [2.75, 3.05) is 5.73 Å². The zero-order valence-corrected chi connectivity index (χ0v) is 12.7. The summed E-state index contributed by atoms with van der Waals surface area (Å²) in [6.07, 6.45) is 0. The molecule has 0 bridgehead atoms. The highest BCUT2D eigenvalue weighted by Crippen LogP contribution is 2.35. The van der Waals surface area contributed by atoms with E-state index in [2.05, 4.69) is 24.3 Å². The van der Waals surface area contributed by atoms with Crippen LogP contribution in [0.25, 0.3) is 20.9 Å². The summed E-state index contributed by atoms with van der Waals surface area (Å²) in [5.74, 6) is 0. The van der Waals surface area contributed by atoms with Crippen molar-refractivity contribution in [2.24, 2.45) is 0 Å². The van der Waals surface area contributed by atoms with E-state index in [-0.39, 0.29) is 0 Å². The lowest BCUT2D eigenvalue weighted by Gasteiger charge is -2.07. The number of fused-ring (bicyclic) bond motifs is 2. The van der Waals surface area contributed by atoms with Gasteiger partial charge in [-0.05, 0) is 22.9 Å². The van der Waals surface area contributed by atoms with E-state index in [0.29, 0.717) is 10.7 Å². The molecule has 0 unspecified atom stereocenters. The standard InChI is InChI=1S/C19H14N2S/c20-18(14-10-9-12-5-1-2-6-13(12)11-14)17-15-7-3-4-8-16(15)22-19(17)21/h1-11,20H,21H2. The van der Waals surface area contributed by atoms with Gasteiger partial charge in [0.1, 0.15) is 0 Å². The maximum Gasteiger partial charge on any atom is 0.0964 e. The van der Waals surface area contributed by atoms with Crippen LogP contribution in [0.15, 0.2) is 66.7 Å². The highest BCUT2D eigenvalue weighted by atomic mass is 32.1. The normalized spacial score (nSPS) is 11.1. The predicted molar refractivity (Wildman–Crippen MR) is 96.1 cm³/mol. The third kappa shape index (κ3) is 1.98. The fourth-order valence-electron chi connectivity index (χ4n) is 2.81. The van der Waals surface area contributed by atoms with Crippen molar-refractivity contribution in [1.82, 2.24) is 0 Å². The van der Waals surface area contributed by atoms with Crippen LogP contribution in [0.5, 0.6) is 0 Å². The van der Waals surface area contributed by atoms with Crippen LogP contribution in [0.2, 0.25) is 0 Å². The number of nitrogens with two attached hydrogens (primary N) is 1. The number of benzene rings is 3. The molecule has 0 aliphatic heterocycles. The third-order valence-corrected chi connectivity index (χ3v) is 4.91. The van der Waals surface area contributed by atoms with Gasteiger partial charge >= 0.3 is 0 Å². The average molecular weight is 302 g/mol. The first-order valence-corrected chi connectivity index (χ1v) is 7.91. The fraction of sp³-hybridized carbons (Fsp3) is 0. The largest absolute Gasteiger partial charge is 0.390 e. The molecule has 0 radical (unpaired) electrons. The summed E-state index contributed by atoms with van der Waals surface area (Å²) < 4.78 is 1.13. The van der Waals surface area contributed by atoms with Gasteiger partial charge in [-0.3, -0.25) is 5.41 Å². The quantitative estimate of drug-likeness (QED) is 0.500. The van der Waals surface area contributed by atoms with Crippen molar-refractivity contribution in [3.8, 4) is 0 Å². The summed E-state index contributed by atoms with van der Waals surface area (Å²) >= 11 is 1.54. The number of nitrogens with one attached hydrogen (secondary N) is 1. The van der Waals surface area contributed by atoms with Gasteiger partial charge in [-0.1, -0.05) is 54.6 Å². The van der Waals surface area contributed by atoms with Crippen LogP contribution in [0, 0.1) is 5.41 Å². The van der Waals surface area contributed by atoms with E-state index in [0.717, 1.165) is 26.6 Å². The second kappa shape index (κ2) is 4.97. The van der Waals surface area contributed by atoms with E-state index in [4.69, 9.17) is 11.1 Å². The van der Waals surface area contributed by atoms with E-state index in [1.165, 1.54) is 5.39 Å². The second-order valence-electron chi connectivity index (χ2n) is 5.27. The number of nitrogen functional groups attached to an aromatic ring is 1. The molecule has 2 nitrogen and oxygen atoms in total. The molecule has 3 aromatic carbocycles. The van der Waals surface area contributed by atoms with Crippen molar-refractivity contribution < 1.29 is 0 Å². The van der Waals surface area contributed by atoms with E-state index >= 15 is 0 Å². The maximum absolute atomic E-state index is 8.61. The van der Waals surface area contributed by atoms with Gasteiger partial charge in [-0.15, -0.1) is 11.3 Å². The molecule has 0 spiro atoms. The minimum atomic E-state index is 0.487. The van der Waals surface area contributed by atoms with Crippen molar-refractivity contribution >= 4 is 42.9 Å². The van der Waals surface area contributed by atoms with Crippen LogP contribution >= 0.6 is 11.3 Å². The summed E-state index contributed by atoms with van der Waals surface area (Å²) in [7, 11) is 0.